The van der Waals surface area contributed by atoms with Crippen molar-refractivity contribution in [1.29, 1.82) is 0 Å². The Bertz CT molecular complexity index is 1540. The highest BCUT2D eigenvalue weighted by atomic mass is 16.1. The molecule has 0 aliphatic rings. The molecule has 33 heavy (non-hydrogen) atoms. The van der Waals surface area contributed by atoms with Crippen LogP contribution in [0.5, 0.6) is 0 Å². The Labute approximate surface area is 190 Å². The number of nitrogen functional groups attached to an aromatic ring is 1. The zero-order chi connectivity index (χ0) is 23.1. The maximum absolute atomic E-state index is 12.3. The van der Waals surface area contributed by atoms with Gasteiger partial charge in [-0.2, -0.15) is 5.10 Å². The first-order valence-electron chi connectivity index (χ1n) is 10.8. The second kappa shape index (κ2) is 8.05. The van der Waals surface area contributed by atoms with Gasteiger partial charge >= 0.3 is 0 Å². The molecule has 8 heteroatoms. The van der Waals surface area contributed by atoms with E-state index in [0.29, 0.717) is 34.7 Å². The minimum Gasteiger partial charge on any atom is -0.382 e. The number of pyridine rings is 1. The average molecular weight is 440 g/mol. The van der Waals surface area contributed by atoms with Gasteiger partial charge in [0.15, 0.2) is 0 Å². The summed E-state index contributed by atoms with van der Waals surface area (Å²) in [7, 11) is 3.89. The monoisotopic (exact) mass is 439 g/mol. The largest absolute Gasteiger partial charge is 0.382 e. The van der Waals surface area contributed by atoms with Crippen molar-refractivity contribution in [2.75, 3.05) is 5.73 Å². The van der Waals surface area contributed by atoms with Gasteiger partial charge in [0.2, 0.25) is 0 Å². The Morgan fingerprint density at radius 1 is 1.03 bits per heavy atom. The summed E-state index contributed by atoms with van der Waals surface area (Å²) in [6.07, 6.45) is 7.02. The first-order valence-corrected chi connectivity index (χ1v) is 10.8. The number of aromatic amines is 1. The second-order valence-corrected chi connectivity index (χ2v) is 8.30. The van der Waals surface area contributed by atoms with Crippen LogP contribution in [0.15, 0.2) is 59.8 Å². The highest BCUT2D eigenvalue weighted by molar-refractivity contribution is 5.91. The van der Waals surface area contributed by atoms with Crippen LogP contribution in [0.2, 0.25) is 0 Å². The third-order valence-corrected chi connectivity index (χ3v) is 5.97. The number of hydrogen-bond acceptors (Lipinski definition) is 5. The molecule has 0 fully saturated rings. The first kappa shape index (κ1) is 20.7. The number of aryl methyl sites for hydroxylation is 5. The van der Waals surface area contributed by atoms with E-state index in [2.05, 4.69) is 20.7 Å². The highest BCUT2D eigenvalue weighted by Crippen LogP contribution is 2.32. The number of nitrogens with zero attached hydrogens (tertiary/aromatic N) is 5. The van der Waals surface area contributed by atoms with E-state index in [-0.39, 0.29) is 5.56 Å². The van der Waals surface area contributed by atoms with Crippen LogP contribution < -0.4 is 11.3 Å². The lowest BCUT2D eigenvalue weighted by molar-refractivity contribution is 0.769. The van der Waals surface area contributed by atoms with Gasteiger partial charge < -0.3 is 15.3 Å². The molecule has 4 heterocycles. The molecule has 0 radical (unpaired) electrons. The summed E-state index contributed by atoms with van der Waals surface area (Å²) in [6.45, 7) is 1.93. The quantitative estimate of drug-likeness (QED) is 0.436. The number of H-pyrrole nitrogens is 1. The number of rotatable bonds is 5. The summed E-state index contributed by atoms with van der Waals surface area (Å²) in [5.41, 5.74) is 12.0. The first-order chi connectivity index (χ1) is 15.9. The zero-order valence-corrected chi connectivity index (χ0v) is 18.8. The van der Waals surface area contributed by atoms with E-state index in [1.54, 1.807) is 10.9 Å². The van der Waals surface area contributed by atoms with Crippen LogP contribution in [0.1, 0.15) is 17.0 Å². The van der Waals surface area contributed by atoms with Gasteiger partial charge in [-0.05, 0) is 67.1 Å². The Hall–Kier alpha value is -4.20. The molecule has 0 amide bonds. The minimum absolute atomic E-state index is 0.104. The predicted molar refractivity (Wildman–Crippen MR) is 130 cm³/mol. The van der Waals surface area contributed by atoms with Crippen molar-refractivity contribution in [3.63, 3.8) is 0 Å². The number of fused-ring (bicyclic) bond motifs is 1. The van der Waals surface area contributed by atoms with Gasteiger partial charge in [0, 0.05) is 49.3 Å². The molecule has 166 valence electrons. The van der Waals surface area contributed by atoms with E-state index < -0.39 is 0 Å². The summed E-state index contributed by atoms with van der Waals surface area (Å²) in [4.78, 5) is 24.8. The molecule has 5 rings (SSSR count). The van der Waals surface area contributed by atoms with Crippen LogP contribution in [0.3, 0.4) is 0 Å². The third kappa shape index (κ3) is 3.80. The molecule has 0 unspecified atom stereocenters. The SMILES string of the molecule is Cc1cc(-c2nc(CCc3cccn3C)c(N)nc2-c2ccn(C)n2)cc2cc[nH]c(=O)c12. The van der Waals surface area contributed by atoms with Crippen LogP contribution in [-0.4, -0.2) is 29.3 Å². The van der Waals surface area contributed by atoms with Crippen LogP contribution in [0, 0.1) is 6.92 Å². The van der Waals surface area contributed by atoms with E-state index in [4.69, 9.17) is 15.7 Å². The predicted octanol–water partition coefficient (Wildman–Crippen LogP) is 3.40. The molecule has 3 N–H and O–H groups in total. The summed E-state index contributed by atoms with van der Waals surface area (Å²) in [5, 5.41) is 6.06. The van der Waals surface area contributed by atoms with Crippen LogP contribution in [-0.2, 0) is 26.9 Å². The van der Waals surface area contributed by atoms with E-state index in [1.165, 1.54) is 5.69 Å². The zero-order valence-electron chi connectivity index (χ0n) is 18.8. The molecule has 5 aromatic rings. The number of benzene rings is 1. The number of anilines is 1. The number of nitrogens with two attached hydrogens (primary N) is 1. The van der Waals surface area contributed by atoms with Gasteiger partial charge in [0.25, 0.3) is 5.56 Å². The maximum atomic E-state index is 12.3. The number of nitrogens with one attached hydrogen (secondary N) is 1. The normalized spacial score (nSPS) is 11.4. The second-order valence-electron chi connectivity index (χ2n) is 8.30. The maximum Gasteiger partial charge on any atom is 0.256 e. The van der Waals surface area contributed by atoms with Gasteiger partial charge in [-0.25, -0.2) is 9.97 Å². The number of hydrogen-bond donors (Lipinski definition) is 2. The molecule has 0 saturated heterocycles. The molecular formula is C25H25N7O. The van der Waals surface area contributed by atoms with E-state index in [9.17, 15) is 4.79 Å². The lowest BCUT2D eigenvalue weighted by Gasteiger charge is -2.13. The van der Waals surface area contributed by atoms with E-state index in [0.717, 1.165) is 28.6 Å². The van der Waals surface area contributed by atoms with Crippen molar-refractivity contribution in [2.45, 2.75) is 19.8 Å². The van der Waals surface area contributed by atoms with Crippen molar-refractivity contribution in [2.24, 2.45) is 14.1 Å². The van der Waals surface area contributed by atoms with E-state index >= 15 is 0 Å². The van der Waals surface area contributed by atoms with Gasteiger partial charge in [0.05, 0.1) is 11.4 Å². The van der Waals surface area contributed by atoms with Crippen LogP contribution in [0.25, 0.3) is 33.4 Å². The van der Waals surface area contributed by atoms with Gasteiger partial charge in [0.1, 0.15) is 17.2 Å². The molecule has 0 aliphatic carbocycles. The Morgan fingerprint density at radius 3 is 2.61 bits per heavy atom. The standard InChI is InChI=1S/C25H25N7O/c1-15-13-17(14-16-8-10-27-25(33)21(15)16)22-23(19-9-12-32(3)30-19)29-24(26)20(28-22)7-6-18-5-4-11-31(18)2/h4-5,8-14H,6-7H2,1-3H3,(H2,26,29)(H,27,33). The molecule has 4 aromatic heterocycles. The summed E-state index contributed by atoms with van der Waals surface area (Å²) >= 11 is 0. The fourth-order valence-corrected chi connectivity index (χ4v) is 4.26. The highest BCUT2D eigenvalue weighted by Gasteiger charge is 2.19. The summed E-state index contributed by atoms with van der Waals surface area (Å²) in [5.74, 6) is 0.405. The fourth-order valence-electron chi connectivity index (χ4n) is 4.26. The molecule has 0 bridgehead atoms. The summed E-state index contributed by atoms with van der Waals surface area (Å²) in [6, 6.07) is 11.9. The third-order valence-electron chi connectivity index (χ3n) is 5.97. The Kier molecular flexibility index (Phi) is 5.05. The van der Waals surface area contributed by atoms with Crippen molar-refractivity contribution < 1.29 is 0 Å². The average Bonchev–Trinajstić information content (AvgIpc) is 3.40. The molecule has 8 nitrogen and oxygen atoms in total. The molecule has 0 saturated carbocycles. The van der Waals surface area contributed by atoms with Gasteiger partial charge in [-0.1, -0.05) is 0 Å². The van der Waals surface area contributed by atoms with Crippen molar-refractivity contribution in [3.8, 4) is 22.6 Å². The van der Waals surface area contributed by atoms with Crippen LogP contribution in [0.4, 0.5) is 5.82 Å². The summed E-state index contributed by atoms with van der Waals surface area (Å²) < 4.78 is 3.82. The fraction of sp³-hybridized carbons (Fsp3) is 0.200. The van der Waals surface area contributed by atoms with Crippen molar-refractivity contribution >= 4 is 16.6 Å². The topological polar surface area (TPSA) is 107 Å². The van der Waals surface area contributed by atoms with Crippen molar-refractivity contribution in [1.82, 2.24) is 29.3 Å². The Morgan fingerprint density at radius 2 is 1.88 bits per heavy atom. The molecule has 0 spiro atoms. The van der Waals surface area contributed by atoms with Crippen molar-refractivity contribution in [3.05, 3.63) is 82.3 Å². The molecular weight excluding hydrogens is 414 g/mol. The van der Waals surface area contributed by atoms with Gasteiger partial charge in [-0.3, -0.25) is 9.48 Å². The van der Waals surface area contributed by atoms with Crippen LogP contribution >= 0.6 is 0 Å². The smallest absolute Gasteiger partial charge is 0.256 e. The van der Waals surface area contributed by atoms with E-state index in [1.807, 2.05) is 63.7 Å². The molecule has 1 aromatic carbocycles. The molecule has 0 aliphatic heterocycles. The minimum atomic E-state index is -0.104. The molecule has 0 atom stereocenters. The van der Waals surface area contributed by atoms with Gasteiger partial charge in [-0.15, -0.1) is 0 Å². The number of aromatic nitrogens is 6. The Balaban J connectivity index is 1.67. The lowest BCUT2D eigenvalue weighted by atomic mass is 9.99. The lowest BCUT2D eigenvalue weighted by Crippen LogP contribution is -2.09.